The van der Waals surface area contributed by atoms with E-state index in [1.165, 1.54) is 0 Å². The molecule has 1 atom stereocenters. The van der Waals surface area contributed by atoms with Crippen molar-refractivity contribution in [2.24, 2.45) is 5.41 Å². The Morgan fingerprint density at radius 1 is 1.33 bits per heavy atom. The normalized spacial score (nSPS) is 21.0. The van der Waals surface area contributed by atoms with Gasteiger partial charge in [0.25, 0.3) is 0 Å². The highest BCUT2D eigenvalue weighted by atomic mass is 16.5. The number of rotatable bonds is 6. The van der Waals surface area contributed by atoms with E-state index >= 15 is 0 Å². The molecule has 0 spiro atoms. The van der Waals surface area contributed by atoms with Crippen LogP contribution in [0.2, 0.25) is 0 Å². The smallest absolute Gasteiger partial charge is 0.319 e. The number of hydrogen-bond donors (Lipinski definition) is 0. The van der Waals surface area contributed by atoms with Crippen LogP contribution in [0.1, 0.15) is 47.0 Å². The van der Waals surface area contributed by atoms with Gasteiger partial charge in [-0.2, -0.15) is 0 Å². The minimum absolute atomic E-state index is 0.0405. The molecule has 1 fully saturated rings. The van der Waals surface area contributed by atoms with Crippen LogP contribution >= 0.6 is 0 Å². The number of ketones is 1. The molecule has 0 N–H and O–H groups in total. The molecule has 0 aliphatic carbocycles. The lowest BCUT2D eigenvalue weighted by molar-refractivity contribution is -0.158. The van der Waals surface area contributed by atoms with Crippen LogP contribution < -0.4 is 0 Å². The summed E-state index contributed by atoms with van der Waals surface area (Å²) >= 11 is 0. The molecule has 0 saturated carbocycles. The van der Waals surface area contributed by atoms with E-state index < -0.39 is 11.4 Å². The van der Waals surface area contributed by atoms with Crippen LogP contribution in [-0.4, -0.2) is 42.4 Å². The molecule has 4 nitrogen and oxygen atoms in total. The number of hydrogen-bond acceptors (Lipinski definition) is 4. The summed E-state index contributed by atoms with van der Waals surface area (Å²) in [5.74, 6) is -0.455. The van der Waals surface area contributed by atoms with Crippen LogP contribution in [0.4, 0.5) is 0 Å². The fourth-order valence-electron chi connectivity index (χ4n) is 2.37. The zero-order valence-corrected chi connectivity index (χ0v) is 12.0. The minimum atomic E-state index is -1.03. The first-order valence-corrected chi connectivity index (χ1v) is 6.88. The molecule has 0 amide bonds. The Kier molecular flexibility index (Phi) is 5.32. The first kappa shape index (κ1) is 15.2. The molecule has 0 aromatic rings. The van der Waals surface area contributed by atoms with Crippen molar-refractivity contribution in [2.45, 2.75) is 53.0 Å². The van der Waals surface area contributed by atoms with Crippen molar-refractivity contribution in [3.8, 4) is 0 Å². The predicted octanol–water partition coefficient (Wildman–Crippen LogP) is 2.02. The zero-order chi connectivity index (χ0) is 13.8. The third-order valence-electron chi connectivity index (χ3n) is 3.80. The molecule has 0 bridgehead atoms. The molecule has 1 heterocycles. The summed E-state index contributed by atoms with van der Waals surface area (Å²) in [6.07, 6.45) is 3.36. The monoisotopic (exact) mass is 255 g/mol. The van der Waals surface area contributed by atoms with Gasteiger partial charge in [-0.1, -0.05) is 6.92 Å². The Labute approximate surface area is 110 Å². The lowest BCUT2D eigenvalue weighted by Gasteiger charge is -2.27. The van der Waals surface area contributed by atoms with Gasteiger partial charge in [0.1, 0.15) is 5.41 Å². The van der Waals surface area contributed by atoms with E-state index in [-0.39, 0.29) is 5.78 Å². The number of carbonyl (C=O) groups excluding carboxylic acids is 2. The number of esters is 1. The first-order chi connectivity index (χ1) is 8.43. The summed E-state index contributed by atoms with van der Waals surface area (Å²) < 4.78 is 4.97. The first-order valence-electron chi connectivity index (χ1n) is 6.88. The highest BCUT2D eigenvalue weighted by molar-refractivity contribution is 6.03. The van der Waals surface area contributed by atoms with E-state index in [1.807, 2.05) is 0 Å². The summed E-state index contributed by atoms with van der Waals surface area (Å²) in [5, 5.41) is 0. The fraction of sp³-hybridized carbons (Fsp3) is 0.857. The molecule has 1 aliphatic rings. The highest BCUT2D eigenvalue weighted by Crippen LogP contribution is 2.24. The van der Waals surface area contributed by atoms with Crippen molar-refractivity contribution in [1.29, 1.82) is 0 Å². The Morgan fingerprint density at radius 2 is 2.00 bits per heavy atom. The standard InChI is InChI=1S/C14H25NO3/c1-5-11-8-7-9-15(11)10-12(16)14(3,4)13(17)18-6-2/h11H,5-10H2,1-4H3. The average molecular weight is 255 g/mol. The van der Waals surface area contributed by atoms with Crippen LogP contribution in [-0.2, 0) is 14.3 Å². The summed E-state index contributed by atoms with van der Waals surface area (Å²) in [6.45, 7) is 8.86. The van der Waals surface area contributed by atoms with Crippen molar-refractivity contribution in [1.82, 2.24) is 4.90 Å². The molecule has 104 valence electrons. The van der Waals surface area contributed by atoms with E-state index in [9.17, 15) is 9.59 Å². The van der Waals surface area contributed by atoms with Gasteiger partial charge in [0, 0.05) is 6.04 Å². The fourth-order valence-corrected chi connectivity index (χ4v) is 2.37. The van der Waals surface area contributed by atoms with Crippen LogP contribution in [0.3, 0.4) is 0 Å². The van der Waals surface area contributed by atoms with Crippen LogP contribution in [0.15, 0.2) is 0 Å². The van der Waals surface area contributed by atoms with Gasteiger partial charge < -0.3 is 4.74 Å². The molecule has 1 rings (SSSR count). The van der Waals surface area contributed by atoms with Crippen LogP contribution in [0, 0.1) is 5.41 Å². The highest BCUT2D eigenvalue weighted by Gasteiger charge is 2.39. The van der Waals surface area contributed by atoms with Gasteiger partial charge >= 0.3 is 5.97 Å². The number of Topliss-reactive ketones (excluding diaryl/α,β-unsaturated/α-hetero) is 1. The molecule has 1 unspecified atom stereocenters. The molecular weight excluding hydrogens is 230 g/mol. The van der Waals surface area contributed by atoms with Gasteiger partial charge in [0.15, 0.2) is 5.78 Å². The SMILES string of the molecule is CCOC(=O)C(C)(C)C(=O)CN1CCCC1CC. The maximum absolute atomic E-state index is 12.3. The van der Waals surface area contributed by atoms with Gasteiger partial charge in [-0.25, -0.2) is 0 Å². The van der Waals surface area contributed by atoms with Crippen molar-refractivity contribution in [3.05, 3.63) is 0 Å². The molecule has 0 aromatic heterocycles. The molecule has 1 saturated heterocycles. The van der Waals surface area contributed by atoms with Crippen LogP contribution in [0.5, 0.6) is 0 Å². The Bertz CT molecular complexity index is 312. The van der Waals surface area contributed by atoms with Gasteiger partial charge in [-0.15, -0.1) is 0 Å². The maximum Gasteiger partial charge on any atom is 0.319 e. The van der Waals surface area contributed by atoms with Crippen molar-refractivity contribution in [2.75, 3.05) is 19.7 Å². The number of carbonyl (C=O) groups is 2. The van der Waals surface area contributed by atoms with Gasteiger partial charge in [0.2, 0.25) is 0 Å². The number of nitrogens with zero attached hydrogens (tertiary/aromatic N) is 1. The van der Waals surface area contributed by atoms with Crippen LogP contribution in [0.25, 0.3) is 0 Å². The van der Waals surface area contributed by atoms with E-state index in [0.717, 1.165) is 25.8 Å². The lowest BCUT2D eigenvalue weighted by atomic mass is 9.87. The maximum atomic E-state index is 12.3. The van der Waals surface area contributed by atoms with E-state index in [1.54, 1.807) is 20.8 Å². The molecule has 4 heteroatoms. The second-order valence-electron chi connectivity index (χ2n) is 5.44. The molecule has 18 heavy (non-hydrogen) atoms. The minimum Gasteiger partial charge on any atom is -0.465 e. The average Bonchev–Trinajstić information content (AvgIpc) is 2.76. The number of ether oxygens (including phenoxy) is 1. The van der Waals surface area contributed by atoms with Gasteiger partial charge in [-0.05, 0) is 46.6 Å². The molecule has 1 aliphatic heterocycles. The molecular formula is C14H25NO3. The lowest BCUT2D eigenvalue weighted by Crippen LogP contribution is -2.43. The van der Waals surface area contributed by atoms with Gasteiger partial charge in [0.05, 0.1) is 13.2 Å². The summed E-state index contributed by atoms with van der Waals surface area (Å²) in [5.41, 5.74) is -1.03. The van der Waals surface area contributed by atoms with E-state index in [2.05, 4.69) is 11.8 Å². The Hall–Kier alpha value is -0.900. The predicted molar refractivity (Wildman–Crippen MR) is 70.3 cm³/mol. The third-order valence-corrected chi connectivity index (χ3v) is 3.80. The summed E-state index contributed by atoms with van der Waals surface area (Å²) in [7, 11) is 0. The Balaban J connectivity index is 2.61. The Morgan fingerprint density at radius 3 is 2.56 bits per heavy atom. The summed E-state index contributed by atoms with van der Waals surface area (Å²) in [6, 6.07) is 0.493. The van der Waals surface area contributed by atoms with Gasteiger partial charge in [-0.3, -0.25) is 14.5 Å². The zero-order valence-electron chi connectivity index (χ0n) is 12.0. The quantitative estimate of drug-likeness (QED) is 0.538. The van der Waals surface area contributed by atoms with Crippen molar-refractivity contribution in [3.63, 3.8) is 0 Å². The largest absolute Gasteiger partial charge is 0.465 e. The molecule has 0 aromatic carbocycles. The molecule has 0 radical (unpaired) electrons. The second kappa shape index (κ2) is 6.32. The van der Waals surface area contributed by atoms with E-state index in [4.69, 9.17) is 4.74 Å². The van der Waals surface area contributed by atoms with Crippen molar-refractivity contribution >= 4 is 11.8 Å². The second-order valence-corrected chi connectivity index (χ2v) is 5.44. The van der Waals surface area contributed by atoms with Crippen molar-refractivity contribution < 1.29 is 14.3 Å². The topological polar surface area (TPSA) is 46.6 Å². The third kappa shape index (κ3) is 3.31. The van der Waals surface area contributed by atoms with E-state index in [0.29, 0.717) is 19.2 Å². The summed E-state index contributed by atoms with van der Waals surface area (Å²) in [4.78, 5) is 26.2. The number of likely N-dealkylation sites (tertiary alicyclic amines) is 1.